The number of nitrogen functional groups attached to an aromatic ring is 1. The Kier molecular flexibility index (Phi) is 3.28. The van der Waals surface area contributed by atoms with Gasteiger partial charge in [0.2, 0.25) is 0 Å². The molecule has 2 nitrogen and oxygen atoms in total. The first kappa shape index (κ1) is 11.6. The highest BCUT2D eigenvalue weighted by atomic mass is 32.2. The molecule has 16 heavy (non-hydrogen) atoms. The van der Waals surface area contributed by atoms with Gasteiger partial charge in [-0.15, -0.1) is 0 Å². The summed E-state index contributed by atoms with van der Waals surface area (Å²) in [5.74, 6) is 0.851. The van der Waals surface area contributed by atoms with E-state index in [1.807, 2.05) is 11.8 Å². The van der Waals surface area contributed by atoms with Crippen LogP contribution in [0, 0.1) is 5.82 Å². The van der Waals surface area contributed by atoms with E-state index in [9.17, 15) is 4.39 Å². The molecule has 1 saturated heterocycles. The summed E-state index contributed by atoms with van der Waals surface area (Å²) in [6, 6.07) is 4.98. The molecule has 0 aliphatic carbocycles. The number of nitrogens with two attached hydrogens (primary N) is 1. The van der Waals surface area contributed by atoms with Crippen LogP contribution in [0.5, 0.6) is 0 Å². The molecule has 0 amide bonds. The fraction of sp³-hybridized carbons (Fsp3) is 0.500. The highest BCUT2D eigenvalue weighted by molar-refractivity contribution is 8.00. The van der Waals surface area contributed by atoms with Crippen molar-refractivity contribution in [1.29, 1.82) is 0 Å². The molecule has 1 aliphatic rings. The topological polar surface area (TPSA) is 29.3 Å². The average Bonchev–Trinajstić information content (AvgIpc) is 2.26. The van der Waals surface area contributed by atoms with Crippen molar-refractivity contribution < 1.29 is 4.39 Å². The monoisotopic (exact) mass is 240 g/mol. The summed E-state index contributed by atoms with van der Waals surface area (Å²) in [6.07, 6.45) is 0. The molecule has 1 aromatic rings. The van der Waals surface area contributed by atoms with Gasteiger partial charge in [0.25, 0.3) is 0 Å². The predicted octanol–water partition coefficient (Wildman–Crippen LogP) is 2.74. The molecular formula is C12H17FN2S. The van der Waals surface area contributed by atoms with Crippen LogP contribution in [0.25, 0.3) is 0 Å². The van der Waals surface area contributed by atoms with Gasteiger partial charge in [0, 0.05) is 23.6 Å². The van der Waals surface area contributed by atoms with Crippen LogP contribution in [0.3, 0.4) is 0 Å². The Hall–Kier alpha value is -0.900. The van der Waals surface area contributed by atoms with Crippen LogP contribution in [0.1, 0.15) is 13.8 Å². The maximum Gasteiger partial charge on any atom is 0.125 e. The quantitative estimate of drug-likeness (QED) is 0.765. The molecule has 4 heteroatoms. The van der Waals surface area contributed by atoms with Crippen LogP contribution in [0.15, 0.2) is 18.2 Å². The zero-order valence-electron chi connectivity index (χ0n) is 9.61. The molecule has 2 unspecified atom stereocenters. The standard InChI is InChI=1S/C12H17FN2S/c1-8-9(2)16-6-5-15(8)12-7-10(13)3-4-11(12)14/h3-4,7-9H,5-6,14H2,1-2H3. The van der Waals surface area contributed by atoms with E-state index in [4.69, 9.17) is 5.73 Å². The third-order valence-electron chi connectivity index (χ3n) is 3.19. The second-order valence-electron chi connectivity index (χ2n) is 4.21. The first-order chi connectivity index (χ1) is 7.59. The molecular weight excluding hydrogens is 223 g/mol. The predicted molar refractivity (Wildman–Crippen MR) is 69.5 cm³/mol. The molecule has 2 rings (SSSR count). The Morgan fingerprint density at radius 1 is 1.44 bits per heavy atom. The lowest BCUT2D eigenvalue weighted by Gasteiger charge is -2.39. The van der Waals surface area contributed by atoms with E-state index in [1.165, 1.54) is 12.1 Å². The lowest BCUT2D eigenvalue weighted by Crippen LogP contribution is -2.45. The van der Waals surface area contributed by atoms with E-state index in [0.717, 1.165) is 18.0 Å². The fourth-order valence-electron chi connectivity index (χ4n) is 2.04. The van der Waals surface area contributed by atoms with E-state index in [0.29, 0.717) is 17.0 Å². The molecule has 0 aromatic heterocycles. The van der Waals surface area contributed by atoms with E-state index >= 15 is 0 Å². The van der Waals surface area contributed by atoms with Gasteiger partial charge in [-0.2, -0.15) is 11.8 Å². The second kappa shape index (κ2) is 4.53. The van der Waals surface area contributed by atoms with Crippen LogP contribution >= 0.6 is 11.8 Å². The van der Waals surface area contributed by atoms with Crippen molar-refractivity contribution in [2.24, 2.45) is 0 Å². The molecule has 1 aliphatic heterocycles. The first-order valence-electron chi connectivity index (χ1n) is 5.53. The van der Waals surface area contributed by atoms with Gasteiger partial charge in [0.05, 0.1) is 11.4 Å². The van der Waals surface area contributed by atoms with Crippen molar-refractivity contribution in [3.63, 3.8) is 0 Å². The summed E-state index contributed by atoms with van der Waals surface area (Å²) in [6.45, 7) is 5.31. The van der Waals surface area contributed by atoms with Crippen LogP contribution in [-0.4, -0.2) is 23.6 Å². The minimum atomic E-state index is -0.220. The minimum Gasteiger partial charge on any atom is -0.397 e. The van der Waals surface area contributed by atoms with Crippen molar-refractivity contribution in [3.8, 4) is 0 Å². The number of anilines is 2. The number of hydrogen-bond acceptors (Lipinski definition) is 3. The Morgan fingerprint density at radius 3 is 2.94 bits per heavy atom. The lowest BCUT2D eigenvalue weighted by molar-refractivity contribution is 0.611. The van der Waals surface area contributed by atoms with Gasteiger partial charge in [0.15, 0.2) is 0 Å². The number of hydrogen-bond donors (Lipinski definition) is 1. The number of rotatable bonds is 1. The second-order valence-corrected chi connectivity index (χ2v) is 5.70. The average molecular weight is 240 g/mol. The maximum atomic E-state index is 13.2. The molecule has 1 heterocycles. The summed E-state index contributed by atoms with van der Waals surface area (Å²) in [5, 5.41) is 0.552. The van der Waals surface area contributed by atoms with Crippen molar-refractivity contribution in [2.75, 3.05) is 22.9 Å². The fourth-order valence-corrected chi connectivity index (χ4v) is 3.14. The SMILES string of the molecule is CC1SCCN(c2cc(F)ccc2N)C1C. The molecule has 0 spiro atoms. The maximum absolute atomic E-state index is 13.2. The van der Waals surface area contributed by atoms with Crippen molar-refractivity contribution in [1.82, 2.24) is 0 Å². The molecule has 1 aromatic carbocycles. The zero-order valence-corrected chi connectivity index (χ0v) is 10.4. The Balaban J connectivity index is 2.31. The molecule has 0 radical (unpaired) electrons. The van der Waals surface area contributed by atoms with Gasteiger partial charge >= 0.3 is 0 Å². The van der Waals surface area contributed by atoms with Gasteiger partial charge < -0.3 is 10.6 Å². The number of thioether (sulfide) groups is 1. The summed E-state index contributed by atoms with van der Waals surface area (Å²) >= 11 is 1.96. The smallest absolute Gasteiger partial charge is 0.125 e. The third kappa shape index (κ3) is 2.12. The molecule has 2 N–H and O–H groups in total. The zero-order chi connectivity index (χ0) is 11.7. The van der Waals surface area contributed by atoms with Crippen LogP contribution in [0.4, 0.5) is 15.8 Å². The van der Waals surface area contributed by atoms with Gasteiger partial charge in [0.1, 0.15) is 5.82 Å². The Bertz CT molecular complexity index is 383. The number of halogens is 1. The van der Waals surface area contributed by atoms with Crippen LogP contribution in [-0.2, 0) is 0 Å². The van der Waals surface area contributed by atoms with Crippen LogP contribution < -0.4 is 10.6 Å². The number of nitrogens with zero attached hydrogens (tertiary/aromatic N) is 1. The molecule has 0 saturated carbocycles. The van der Waals surface area contributed by atoms with E-state index in [-0.39, 0.29) is 5.82 Å². The van der Waals surface area contributed by atoms with Crippen LogP contribution in [0.2, 0.25) is 0 Å². The largest absolute Gasteiger partial charge is 0.397 e. The van der Waals surface area contributed by atoms with Crippen molar-refractivity contribution >= 4 is 23.1 Å². The van der Waals surface area contributed by atoms with Gasteiger partial charge in [-0.1, -0.05) is 6.92 Å². The summed E-state index contributed by atoms with van der Waals surface area (Å²) in [5.41, 5.74) is 7.41. The van der Waals surface area contributed by atoms with E-state index < -0.39 is 0 Å². The molecule has 0 bridgehead atoms. The summed E-state index contributed by atoms with van der Waals surface area (Å²) in [7, 11) is 0. The number of benzene rings is 1. The first-order valence-corrected chi connectivity index (χ1v) is 6.57. The summed E-state index contributed by atoms with van der Waals surface area (Å²) in [4.78, 5) is 2.21. The highest BCUT2D eigenvalue weighted by Crippen LogP contribution is 2.32. The van der Waals surface area contributed by atoms with E-state index in [2.05, 4.69) is 18.7 Å². The third-order valence-corrected chi connectivity index (χ3v) is 4.52. The normalized spacial score (nSPS) is 25.8. The van der Waals surface area contributed by atoms with Crippen molar-refractivity contribution in [3.05, 3.63) is 24.0 Å². The van der Waals surface area contributed by atoms with Gasteiger partial charge in [-0.3, -0.25) is 0 Å². The molecule has 1 fully saturated rings. The van der Waals surface area contributed by atoms with Gasteiger partial charge in [-0.05, 0) is 25.1 Å². The minimum absolute atomic E-state index is 0.220. The highest BCUT2D eigenvalue weighted by Gasteiger charge is 2.26. The molecule has 88 valence electrons. The van der Waals surface area contributed by atoms with E-state index in [1.54, 1.807) is 6.07 Å². The van der Waals surface area contributed by atoms with Crippen molar-refractivity contribution in [2.45, 2.75) is 25.1 Å². The Labute approximate surface area is 100 Å². The Morgan fingerprint density at radius 2 is 2.19 bits per heavy atom. The van der Waals surface area contributed by atoms with Gasteiger partial charge in [-0.25, -0.2) is 4.39 Å². The summed E-state index contributed by atoms with van der Waals surface area (Å²) < 4.78 is 13.2. The lowest BCUT2D eigenvalue weighted by atomic mass is 10.1. The molecule has 2 atom stereocenters.